The van der Waals surface area contributed by atoms with E-state index in [9.17, 15) is 13.2 Å². The van der Waals surface area contributed by atoms with Gasteiger partial charge in [-0.25, -0.2) is 8.42 Å². The molecule has 2 aromatic carbocycles. The molecule has 2 fully saturated rings. The fourth-order valence-electron chi connectivity index (χ4n) is 4.66. The third kappa shape index (κ3) is 5.15. The van der Waals surface area contributed by atoms with E-state index in [1.54, 1.807) is 32.4 Å². The number of methoxy groups -OCH3 is 2. The Morgan fingerprint density at radius 2 is 1.82 bits per heavy atom. The van der Waals surface area contributed by atoms with Crippen LogP contribution in [0.15, 0.2) is 47.4 Å². The van der Waals surface area contributed by atoms with Crippen LogP contribution in [0.5, 0.6) is 11.5 Å². The highest BCUT2D eigenvalue weighted by atomic mass is 32.2. The number of benzene rings is 2. The SMILES string of the molecule is COc1ccc(OC)c(C2CCCN2CC(=O)Nc2cccc(S(=O)(=O)N3CCCC3)c2)c1. The summed E-state index contributed by atoms with van der Waals surface area (Å²) >= 11 is 0. The predicted octanol–water partition coefficient (Wildman–Crippen LogP) is 3.26. The maximum absolute atomic E-state index is 12.9. The number of amides is 1. The lowest BCUT2D eigenvalue weighted by Gasteiger charge is -2.26. The Kier molecular flexibility index (Phi) is 7.21. The quantitative estimate of drug-likeness (QED) is 0.633. The molecule has 0 bridgehead atoms. The van der Waals surface area contributed by atoms with Gasteiger partial charge in [-0.3, -0.25) is 9.69 Å². The monoisotopic (exact) mass is 473 g/mol. The van der Waals surface area contributed by atoms with Gasteiger partial charge in [0.1, 0.15) is 11.5 Å². The van der Waals surface area contributed by atoms with Crippen LogP contribution < -0.4 is 14.8 Å². The first-order valence-corrected chi connectivity index (χ1v) is 12.7. The molecule has 2 aliphatic heterocycles. The number of rotatable bonds is 8. The molecule has 0 saturated carbocycles. The molecule has 178 valence electrons. The van der Waals surface area contributed by atoms with Crippen LogP contribution in [0.4, 0.5) is 5.69 Å². The number of carbonyl (C=O) groups excluding carboxylic acids is 1. The molecular formula is C24H31N3O5S. The standard InChI is InChI=1S/C24H31N3O5S/c1-31-19-10-11-23(32-2)21(16-19)22-9-6-12-26(22)17-24(28)25-18-7-5-8-20(15-18)33(29,30)27-13-3-4-14-27/h5,7-8,10-11,15-16,22H,3-4,6,9,12-14,17H2,1-2H3,(H,25,28). The summed E-state index contributed by atoms with van der Waals surface area (Å²) in [6.07, 6.45) is 3.65. The summed E-state index contributed by atoms with van der Waals surface area (Å²) in [6.45, 7) is 2.09. The third-order valence-corrected chi connectivity index (χ3v) is 8.22. The Labute approximate surface area is 195 Å². The molecular weight excluding hydrogens is 442 g/mol. The zero-order chi connectivity index (χ0) is 23.4. The van der Waals surface area contributed by atoms with Crippen LogP contribution in [0.25, 0.3) is 0 Å². The van der Waals surface area contributed by atoms with Crippen LogP contribution >= 0.6 is 0 Å². The van der Waals surface area contributed by atoms with Crippen LogP contribution in [0.1, 0.15) is 37.3 Å². The second kappa shape index (κ2) is 10.1. The van der Waals surface area contributed by atoms with Crippen molar-refractivity contribution in [2.45, 2.75) is 36.6 Å². The zero-order valence-corrected chi connectivity index (χ0v) is 19.9. The van der Waals surface area contributed by atoms with E-state index in [0.717, 1.165) is 49.3 Å². The van der Waals surface area contributed by atoms with Crippen LogP contribution in [-0.4, -0.2) is 63.9 Å². The maximum Gasteiger partial charge on any atom is 0.243 e. The van der Waals surface area contributed by atoms with Crippen molar-refractivity contribution in [2.24, 2.45) is 0 Å². The van der Waals surface area contributed by atoms with Crippen molar-refractivity contribution in [1.82, 2.24) is 9.21 Å². The van der Waals surface area contributed by atoms with Crippen molar-refractivity contribution in [1.29, 1.82) is 0 Å². The number of nitrogens with one attached hydrogen (secondary N) is 1. The van der Waals surface area contributed by atoms with Crippen LogP contribution in [0.2, 0.25) is 0 Å². The van der Waals surface area contributed by atoms with Gasteiger partial charge in [-0.15, -0.1) is 0 Å². The maximum atomic E-state index is 12.9. The summed E-state index contributed by atoms with van der Waals surface area (Å²) < 4.78 is 38.1. The molecule has 2 aliphatic rings. The minimum absolute atomic E-state index is 0.0441. The summed E-state index contributed by atoms with van der Waals surface area (Å²) in [6, 6.07) is 12.3. The number of sulfonamides is 1. The highest BCUT2D eigenvalue weighted by Crippen LogP contribution is 2.38. The van der Waals surface area contributed by atoms with Crippen molar-refractivity contribution in [3.8, 4) is 11.5 Å². The molecule has 2 heterocycles. The summed E-state index contributed by atoms with van der Waals surface area (Å²) in [7, 11) is -0.265. The Morgan fingerprint density at radius 3 is 2.55 bits per heavy atom. The summed E-state index contributed by atoms with van der Waals surface area (Å²) in [4.78, 5) is 15.2. The lowest BCUT2D eigenvalue weighted by atomic mass is 10.0. The second-order valence-corrected chi connectivity index (χ2v) is 10.4. The number of anilines is 1. The number of hydrogen-bond donors (Lipinski definition) is 1. The molecule has 1 N–H and O–H groups in total. The Bertz CT molecular complexity index is 1100. The number of likely N-dealkylation sites (tertiary alicyclic amines) is 1. The third-order valence-electron chi connectivity index (χ3n) is 6.33. The first kappa shape index (κ1) is 23.5. The van der Waals surface area contributed by atoms with Crippen LogP contribution in [0, 0.1) is 0 Å². The Balaban J connectivity index is 1.46. The minimum atomic E-state index is -3.53. The van der Waals surface area contributed by atoms with Crippen molar-refractivity contribution in [3.05, 3.63) is 48.0 Å². The first-order chi connectivity index (χ1) is 15.9. The summed E-state index contributed by atoms with van der Waals surface area (Å²) in [5.74, 6) is 1.34. The highest BCUT2D eigenvalue weighted by Gasteiger charge is 2.31. The van der Waals surface area contributed by atoms with E-state index in [2.05, 4.69) is 10.2 Å². The van der Waals surface area contributed by atoms with Gasteiger partial charge in [-0.1, -0.05) is 6.07 Å². The number of nitrogens with zero attached hydrogens (tertiary/aromatic N) is 2. The molecule has 2 saturated heterocycles. The Morgan fingerprint density at radius 1 is 1.03 bits per heavy atom. The van der Waals surface area contributed by atoms with E-state index in [1.807, 2.05) is 18.2 Å². The molecule has 9 heteroatoms. The van der Waals surface area contributed by atoms with E-state index < -0.39 is 10.0 Å². The molecule has 4 rings (SSSR count). The fourth-order valence-corrected chi connectivity index (χ4v) is 6.23. The topological polar surface area (TPSA) is 88.2 Å². The first-order valence-electron chi connectivity index (χ1n) is 11.3. The molecule has 0 spiro atoms. The van der Waals surface area contributed by atoms with Gasteiger partial charge in [0.05, 0.1) is 25.7 Å². The van der Waals surface area contributed by atoms with Gasteiger partial charge in [0.2, 0.25) is 15.9 Å². The second-order valence-electron chi connectivity index (χ2n) is 8.42. The average Bonchev–Trinajstić information content (AvgIpc) is 3.51. The van der Waals surface area contributed by atoms with Crippen molar-refractivity contribution in [2.75, 3.05) is 45.7 Å². The molecule has 1 amide bonds. The van der Waals surface area contributed by atoms with Gasteiger partial charge in [0.25, 0.3) is 0 Å². The van der Waals surface area contributed by atoms with Crippen molar-refractivity contribution >= 4 is 21.6 Å². The number of hydrogen-bond acceptors (Lipinski definition) is 6. The van der Waals surface area contributed by atoms with Crippen molar-refractivity contribution in [3.63, 3.8) is 0 Å². The van der Waals surface area contributed by atoms with Gasteiger partial charge in [0, 0.05) is 30.4 Å². The highest BCUT2D eigenvalue weighted by molar-refractivity contribution is 7.89. The van der Waals surface area contributed by atoms with Gasteiger partial charge in [0.15, 0.2) is 0 Å². The molecule has 0 radical (unpaired) electrons. The van der Waals surface area contributed by atoms with Gasteiger partial charge < -0.3 is 14.8 Å². The van der Waals surface area contributed by atoms with Crippen molar-refractivity contribution < 1.29 is 22.7 Å². The number of ether oxygens (including phenoxy) is 2. The van der Waals surface area contributed by atoms with Gasteiger partial charge in [-0.05, 0) is 68.6 Å². The van der Waals surface area contributed by atoms with Crippen LogP contribution in [0.3, 0.4) is 0 Å². The molecule has 33 heavy (non-hydrogen) atoms. The molecule has 1 atom stereocenters. The Hall–Kier alpha value is -2.62. The molecule has 2 aromatic rings. The normalized spacial score (nSPS) is 19.5. The van der Waals surface area contributed by atoms with E-state index >= 15 is 0 Å². The fraction of sp³-hybridized carbons (Fsp3) is 0.458. The average molecular weight is 474 g/mol. The van der Waals surface area contributed by atoms with Gasteiger partial charge in [-0.2, -0.15) is 4.31 Å². The summed E-state index contributed by atoms with van der Waals surface area (Å²) in [5, 5.41) is 2.88. The van der Waals surface area contributed by atoms with Crippen LogP contribution in [-0.2, 0) is 14.8 Å². The number of carbonyl (C=O) groups is 1. The van der Waals surface area contributed by atoms with Gasteiger partial charge >= 0.3 is 0 Å². The molecule has 0 aliphatic carbocycles. The lowest BCUT2D eigenvalue weighted by molar-refractivity contribution is -0.117. The smallest absolute Gasteiger partial charge is 0.243 e. The van der Waals surface area contributed by atoms with E-state index in [4.69, 9.17) is 9.47 Å². The molecule has 0 aromatic heterocycles. The zero-order valence-electron chi connectivity index (χ0n) is 19.1. The predicted molar refractivity (Wildman–Crippen MR) is 126 cm³/mol. The van der Waals surface area contributed by atoms with E-state index in [1.165, 1.54) is 10.4 Å². The largest absolute Gasteiger partial charge is 0.497 e. The molecule has 8 nitrogen and oxygen atoms in total. The molecule has 1 unspecified atom stereocenters. The van der Waals surface area contributed by atoms with E-state index in [0.29, 0.717) is 18.8 Å². The summed E-state index contributed by atoms with van der Waals surface area (Å²) in [5.41, 5.74) is 1.48. The minimum Gasteiger partial charge on any atom is -0.497 e. The lowest BCUT2D eigenvalue weighted by Crippen LogP contribution is -2.33. The van der Waals surface area contributed by atoms with E-state index in [-0.39, 0.29) is 23.4 Å².